The number of aromatic nitrogens is 2. The van der Waals surface area contributed by atoms with E-state index in [2.05, 4.69) is 49.3 Å². The smallest absolute Gasteiger partial charge is 0.240 e. The fourth-order valence-corrected chi connectivity index (χ4v) is 6.64. The van der Waals surface area contributed by atoms with Gasteiger partial charge in [-0.3, -0.25) is 0 Å². The molecule has 0 aliphatic carbocycles. The Morgan fingerprint density at radius 3 is 2.45 bits per heavy atom. The number of piperazine rings is 1. The van der Waals surface area contributed by atoms with Crippen LogP contribution < -0.4 is 20.3 Å². The van der Waals surface area contributed by atoms with Crippen molar-refractivity contribution < 1.29 is 8.42 Å². The molecular weight excluding hydrogens is 543 g/mol. The summed E-state index contributed by atoms with van der Waals surface area (Å²) in [6.45, 7) is 4.76. The monoisotopic (exact) mass is 573 g/mol. The molecule has 3 N–H and O–H groups in total. The van der Waals surface area contributed by atoms with E-state index in [1.165, 1.54) is 5.69 Å². The lowest BCUT2D eigenvalue weighted by Gasteiger charge is -2.34. The van der Waals surface area contributed by atoms with Crippen molar-refractivity contribution in [1.29, 1.82) is 0 Å². The Morgan fingerprint density at radius 2 is 1.65 bits per heavy atom. The van der Waals surface area contributed by atoms with Crippen molar-refractivity contribution in [2.45, 2.75) is 4.90 Å². The molecule has 1 aliphatic rings. The van der Waals surface area contributed by atoms with Crippen LogP contribution in [0.2, 0.25) is 0 Å². The number of fused-ring (bicyclic) bond motifs is 2. The van der Waals surface area contributed by atoms with Gasteiger partial charge in [0.1, 0.15) is 5.82 Å². The summed E-state index contributed by atoms with van der Waals surface area (Å²) < 4.78 is 29.4. The Balaban J connectivity index is 1.10. The number of anilines is 4. The highest BCUT2D eigenvalue weighted by Crippen LogP contribution is 2.29. The van der Waals surface area contributed by atoms with Crippen molar-refractivity contribution in [1.82, 2.24) is 19.6 Å². The molecule has 0 atom stereocenters. The maximum Gasteiger partial charge on any atom is 0.240 e. The Bertz CT molecular complexity index is 1730. The molecule has 0 saturated carbocycles. The Morgan fingerprint density at radius 1 is 0.875 bits per heavy atom. The van der Waals surface area contributed by atoms with Gasteiger partial charge in [0.15, 0.2) is 0 Å². The first-order chi connectivity index (χ1) is 19.4. The molecule has 2 aromatic heterocycles. The van der Waals surface area contributed by atoms with Gasteiger partial charge in [-0.15, -0.1) is 11.3 Å². The molecule has 9 nitrogen and oxygen atoms in total. The van der Waals surface area contributed by atoms with E-state index >= 15 is 0 Å². The number of hydrogen-bond donors (Lipinski definition) is 3. The number of nitrogens with zero attached hydrogens (tertiary/aromatic N) is 4. The molecule has 0 unspecified atom stereocenters. The third-order valence-electron chi connectivity index (χ3n) is 7.04. The molecule has 0 amide bonds. The molecule has 3 heterocycles. The van der Waals surface area contributed by atoms with E-state index in [1.54, 1.807) is 23.5 Å². The zero-order valence-corrected chi connectivity index (χ0v) is 23.8. The van der Waals surface area contributed by atoms with E-state index < -0.39 is 10.0 Å². The molecule has 1 aliphatic heterocycles. The van der Waals surface area contributed by atoms with Gasteiger partial charge in [0, 0.05) is 50.6 Å². The van der Waals surface area contributed by atoms with Crippen molar-refractivity contribution in [3.63, 3.8) is 0 Å². The molecular formula is C29H31N7O2S2. The number of nitrogens with one attached hydrogen (secondary N) is 3. The predicted molar refractivity (Wildman–Crippen MR) is 164 cm³/mol. The van der Waals surface area contributed by atoms with E-state index in [0.29, 0.717) is 18.3 Å². The van der Waals surface area contributed by atoms with Crippen molar-refractivity contribution in [3.05, 3.63) is 78.2 Å². The van der Waals surface area contributed by atoms with Crippen molar-refractivity contribution >= 4 is 65.5 Å². The lowest BCUT2D eigenvalue weighted by atomic mass is 10.1. The summed E-state index contributed by atoms with van der Waals surface area (Å²) in [4.78, 5) is 14.4. The summed E-state index contributed by atoms with van der Waals surface area (Å²) in [6.07, 6.45) is 0. The van der Waals surface area contributed by atoms with Crippen LogP contribution in [-0.4, -0.2) is 69.6 Å². The second kappa shape index (κ2) is 11.4. The molecule has 1 fully saturated rings. The standard InChI is InChI=1S/C29H31N7O2S2/c1-35-15-17-36(18-16-35)24-9-7-23(8-10-24)32-29-33-26-12-19-39-27(26)28(34-29)30-13-14-31-40(37,38)25-11-6-21-4-2-3-5-22(21)20-25/h2-12,19-20,31H,13-18H2,1H3,(H2,30,32,33,34). The van der Waals surface area contributed by atoms with Crippen LogP contribution in [0.4, 0.5) is 23.1 Å². The SMILES string of the molecule is CN1CCN(c2ccc(Nc3nc(NCCNS(=O)(=O)c4ccc5ccccc5c4)c4sccc4n3)cc2)CC1. The number of hydrogen-bond acceptors (Lipinski definition) is 9. The van der Waals surface area contributed by atoms with Gasteiger partial charge in [0.2, 0.25) is 16.0 Å². The summed E-state index contributed by atoms with van der Waals surface area (Å²) >= 11 is 1.55. The summed E-state index contributed by atoms with van der Waals surface area (Å²) in [5.74, 6) is 1.15. The number of likely N-dealkylation sites (N-methyl/N-ethyl adjacent to an activating group) is 1. The maximum absolute atomic E-state index is 12.9. The van der Waals surface area contributed by atoms with Gasteiger partial charge in [0.05, 0.1) is 15.1 Å². The lowest BCUT2D eigenvalue weighted by Crippen LogP contribution is -2.44. The van der Waals surface area contributed by atoms with E-state index in [1.807, 2.05) is 53.9 Å². The quantitative estimate of drug-likeness (QED) is 0.218. The minimum absolute atomic E-state index is 0.211. The zero-order chi connectivity index (χ0) is 27.5. The summed E-state index contributed by atoms with van der Waals surface area (Å²) in [6, 6.07) is 23.1. The van der Waals surface area contributed by atoms with Crippen molar-refractivity contribution in [3.8, 4) is 0 Å². The molecule has 0 radical (unpaired) electrons. The van der Waals surface area contributed by atoms with Crippen LogP contribution in [0.5, 0.6) is 0 Å². The first kappa shape index (κ1) is 26.5. The molecule has 11 heteroatoms. The number of sulfonamides is 1. The Labute approximate surface area is 237 Å². The fourth-order valence-electron chi connectivity index (χ4n) is 4.77. The average Bonchev–Trinajstić information content (AvgIpc) is 3.45. The maximum atomic E-state index is 12.9. The van der Waals surface area contributed by atoms with E-state index in [4.69, 9.17) is 4.98 Å². The molecule has 5 aromatic rings. The zero-order valence-electron chi connectivity index (χ0n) is 22.2. The number of benzene rings is 3. The van der Waals surface area contributed by atoms with Gasteiger partial charge in [-0.25, -0.2) is 18.1 Å². The normalized spacial score (nSPS) is 14.6. The minimum atomic E-state index is -3.64. The van der Waals surface area contributed by atoms with Crippen LogP contribution in [-0.2, 0) is 10.0 Å². The van der Waals surface area contributed by atoms with Gasteiger partial charge in [-0.1, -0.05) is 30.3 Å². The van der Waals surface area contributed by atoms with Crippen LogP contribution in [0.25, 0.3) is 21.0 Å². The Hall–Kier alpha value is -3.77. The van der Waals surface area contributed by atoms with Crippen LogP contribution in [0.15, 0.2) is 83.1 Å². The predicted octanol–water partition coefficient (Wildman–Crippen LogP) is 4.73. The third-order valence-corrected chi connectivity index (χ3v) is 9.41. The van der Waals surface area contributed by atoms with E-state index in [9.17, 15) is 8.42 Å². The summed E-state index contributed by atoms with van der Waals surface area (Å²) in [5, 5.41) is 10.5. The van der Waals surface area contributed by atoms with Gasteiger partial charge in [-0.2, -0.15) is 4.98 Å². The second-order valence-electron chi connectivity index (χ2n) is 9.83. The van der Waals surface area contributed by atoms with E-state index in [-0.39, 0.29) is 11.4 Å². The first-order valence-electron chi connectivity index (χ1n) is 13.2. The molecule has 0 bridgehead atoms. The topological polar surface area (TPSA) is 102 Å². The van der Waals surface area contributed by atoms with Crippen LogP contribution in [0, 0.1) is 0 Å². The molecule has 1 saturated heterocycles. The van der Waals surface area contributed by atoms with Crippen molar-refractivity contribution in [2.75, 3.05) is 61.8 Å². The van der Waals surface area contributed by atoms with Crippen molar-refractivity contribution in [2.24, 2.45) is 0 Å². The highest BCUT2D eigenvalue weighted by Gasteiger charge is 2.16. The highest BCUT2D eigenvalue weighted by molar-refractivity contribution is 7.89. The molecule has 206 valence electrons. The van der Waals surface area contributed by atoms with E-state index in [0.717, 1.165) is 52.9 Å². The summed E-state index contributed by atoms with van der Waals surface area (Å²) in [7, 11) is -1.48. The number of rotatable bonds is 9. The van der Waals surface area contributed by atoms with Gasteiger partial charge in [0.25, 0.3) is 0 Å². The minimum Gasteiger partial charge on any atom is -0.369 e. The van der Waals surface area contributed by atoms with Gasteiger partial charge in [-0.05, 0) is 65.7 Å². The average molecular weight is 574 g/mol. The molecule has 3 aromatic carbocycles. The van der Waals surface area contributed by atoms with Gasteiger partial charge < -0.3 is 20.4 Å². The molecule has 40 heavy (non-hydrogen) atoms. The lowest BCUT2D eigenvalue weighted by molar-refractivity contribution is 0.313. The third kappa shape index (κ3) is 5.87. The highest BCUT2D eigenvalue weighted by atomic mass is 32.2. The number of thiophene rings is 1. The van der Waals surface area contributed by atoms with Crippen LogP contribution in [0.1, 0.15) is 0 Å². The fraction of sp³-hybridized carbons (Fsp3) is 0.241. The van der Waals surface area contributed by atoms with Crippen LogP contribution >= 0.6 is 11.3 Å². The molecule has 0 spiro atoms. The summed E-state index contributed by atoms with van der Waals surface area (Å²) in [5.41, 5.74) is 2.94. The van der Waals surface area contributed by atoms with Gasteiger partial charge >= 0.3 is 0 Å². The van der Waals surface area contributed by atoms with Crippen LogP contribution in [0.3, 0.4) is 0 Å². The second-order valence-corrected chi connectivity index (χ2v) is 12.5. The largest absolute Gasteiger partial charge is 0.369 e. The Kier molecular flexibility index (Phi) is 7.53. The molecule has 6 rings (SSSR count). The first-order valence-corrected chi connectivity index (χ1v) is 15.6.